The number of benzene rings is 4. The van der Waals surface area contributed by atoms with Gasteiger partial charge < -0.3 is 101 Å². The molecule has 2 saturated heterocycles. The summed E-state index contributed by atoms with van der Waals surface area (Å²) in [6.07, 6.45) is 13.2. The molecular weight excluding hydrogens is 1570 g/mol. The van der Waals surface area contributed by atoms with E-state index in [9.17, 15) is 28.8 Å². The van der Waals surface area contributed by atoms with Crippen LogP contribution < -0.4 is 91.1 Å². The number of likely N-dealkylation sites (tertiary alicyclic amines) is 2. The number of fused-ring (bicyclic) bond motifs is 12. The van der Waals surface area contributed by atoms with Crippen LogP contribution in [-0.2, 0) is 14.1 Å². The van der Waals surface area contributed by atoms with Gasteiger partial charge in [-0.1, -0.05) is 0 Å². The number of ether oxygens (including phenoxy) is 8. The number of aryl methyl sites for hydroxylation is 2. The molecule has 12 heterocycles. The molecule has 4 aromatic carbocycles. The van der Waals surface area contributed by atoms with Gasteiger partial charge >= 0.3 is 0 Å². The summed E-state index contributed by atoms with van der Waals surface area (Å²) >= 11 is 0. The molecule has 8 bridgehead atoms. The Labute approximate surface area is 719 Å². The first-order valence-electron chi connectivity index (χ1n) is 45.2. The second-order valence-electron chi connectivity index (χ2n) is 27.9. The van der Waals surface area contributed by atoms with Crippen LogP contribution >= 0.6 is 0 Å². The van der Waals surface area contributed by atoms with Crippen molar-refractivity contribution in [3.63, 3.8) is 0 Å². The summed E-state index contributed by atoms with van der Waals surface area (Å²) in [7, 11) is 6.49. The number of amides is 6. The number of nitrogens with zero attached hydrogens (tertiary/aromatic N) is 16. The highest BCUT2D eigenvalue weighted by Crippen LogP contribution is 2.46. The number of hydrogen-bond donors (Lipinski definition) is 10. The van der Waals surface area contributed by atoms with Crippen LogP contribution in [0.3, 0.4) is 0 Å². The quantitative estimate of drug-likeness (QED) is 0.0612. The van der Waals surface area contributed by atoms with E-state index in [2.05, 4.69) is 92.9 Å². The number of hydrogen-bond acceptors (Lipinski definition) is 32. The summed E-state index contributed by atoms with van der Waals surface area (Å²) < 4.78 is 138. The normalized spacial score (nSPS) is 16.6. The van der Waals surface area contributed by atoms with E-state index in [0.29, 0.717) is 168 Å². The van der Waals surface area contributed by atoms with E-state index in [1.54, 1.807) is 109 Å². The molecule has 0 saturated carbocycles. The number of anilines is 10. The number of methoxy groups -OCH3 is 2. The molecule has 10 N–H and O–H groups in total. The molecule has 0 spiro atoms. The van der Waals surface area contributed by atoms with E-state index < -0.39 is 51.5 Å². The zero-order valence-electron chi connectivity index (χ0n) is 79.1. The molecule has 6 amide bonds. The average Bonchev–Trinajstić information content (AvgIpc) is 1.24. The van der Waals surface area contributed by atoms with Gasteiger partial charge in [0.1, 0.15) is 47.0 Å². The highest BCUT2D eigenvalue weighted by Gasteiger charge is 2.29. The highest BCUT2D eigenvalue weighted by atomic mass is 16.5. The van der Waals surface area contributed by atoms with Crippen molar-refractivity contribution < 1.29 is 83.1 Å². The van der Waals surface area contributed by atoms with Crippen molar-refractivity contribution in [2.24, 2.45) is 14.1 Å². The third-order valence-corrected chi connectivity index (χ3v) is 19.4. The average molecular weight is 1680 g/mol. The summed E-state index contributed by atoms with van der Waals surface area (Å²) in [4.78, 5) is 88.3. The minimum absolute atomic E-state index is 0.0418. The van der Waals surface area contributed by atoms with Crippen molar-refractivity contribution in [1.29, 1.82) is 0 Å². The van der Waals surface area contributed by atoms with Crippen LogP contribution in [0.2, 0.25) is 0 Å². The Bertz CT molecular complexity index is 5530. The van der Waals surface area contributed by atoms with Crippen LogP contribution in [-0.4, -0.2) is 237 Å². The van der Waals surface area contributed by atoms with E-state index in [0.717, 1.165) is 90.4 Å². The van der Waals surface area contributed by atoms with Crippen LogP contribution in [0.15, 0.2) is 97.6 Å². The zero-order chi connectivity index (χ0) is 95.4. The molecule has 6 aliphatic rings. The first-order chi connectivity index (χ1) is 64.1. The lowest BCUT2D eigenvalue weighted by atomic mass is 10.1. The first kappa shape index (κ1) is 70.5. The third-order valence-electron chi connectivity index (χ3n) is 19.4. The topological polar surface area (TPSA) is 468 Å². The molecule has 640 valence electrons. The second-order valence-corrected chi connectivity index (χ2v) is 27.9. The van der Waals surface area contributed by atoms with Crippen molar-refractivity contribution in [1.82, 2.24) is 101 Å². The maximum absolute atomic E-state index is 12.8. The van der Waals surface area contributed by atoms with Crippen LogP contribution in [0.25, 0.3) is 22.8 Å². The number of nitrogens with one attached hydrogen (secondary N) is 10. The lowest BCUT2D eigenvalue weighted by Crippen LogP contribution is -2.27. The van der Waals surface area contributed by atoms with Crippen molar-refractivity contribution in [2.75, 3.05) is 153 Å². The summed E-state index contributed by atoms with van der Waals surface area (Å²) in [6.45, 7) is -4.06. The van der Waals surface area contributed by atoms with Gasteiger partial charge in [-0.05, 0) is 138 Å². The number of carbonyl (C=O) groups is 6. The van der Waals surface area contributed by atoms with Gasteiger partial charge in [0.25, 0.3) is 35.4 Å². The van der Waals surface area contributed by atoms with Crippen molar-refractivity contribution in [3.05, 3.63) is 131 Å². The summed E-state index contributed by atoms with van der Waals surface area (Å²) in [5.74, 6) is 0.987. The maximum atomic E-state index is 12.8. The third kappa shape index (κ3) is 21.1. The molecular formula is C82H98N26O14. The van der Waals surface area contributed by atoms with E-state index in [1.807, 2.05) is 31.1 Å². The van der Waals surface area contributed by atoms with Gasteiger partial charge in [0, 0.05) is 133 Å². The lowest BCUT2D eigenvalue weighted by molar-refractivity contribution is 0.0785. The summed E-state index contributed by atoms with van der Waals surface area (Å²) in [6, 6.07) is 23.4. The zero-order valence-corrected chi connectivity index (χ0v) is 67.1. The standard InChI is InChI=1S/C21H26N6O3.C21H25N5O4.C20H24N8O3.C20H23N7O4/c1-22-20(28)19-16-13-18(25-26-19)23-8-2-5-11-30-17-12-14(6-7-15(17)24-16)21(29)27-9-3-4-10-27;1-22-20(27)19-16-13-18(24-25-19)30-11-5-4-10-29-17-12-14(6-7-15(17)23-16)21(28)26-8-2-3-9-26;1-21-20(29)16-13-10-15(25-26-16)22-8-4-5-9-31-14-7-6-12(18(30-3)17(14)24-13)19-23-11-28(2)27-19;1-21-20(28)16-13-10-15(24-25-16)31-9-5-4-8-30-14-7-6-12(18(29-3)17(14)23-13)19-22-11-27(2)26-19/h6-7,12-13,24H,2-5,8-11H2,1H3,(H,22,28)(H,23,25);6-7,12-13,23H,2-5,8-11H2,1H3,(H,22,27);6-7,10-11,24H,4-5,8-9H2,1-3H3,(H,21,29)(H,22,25);6-7,10-11,23H,4-5,8-9H2,1-3H3,(H,21,28)/i4*1D3. The lowest BCUT2D eigenvalue weighted by Gasteiger charge is -2.20. The SMILES string of the molecule is [2H]C([2H])([2H])NC(=O)c1nnc2cc1Nc1c(ccc(-c3ncn(C)n3)c1OC)OCCCCN2.[2H]C([2H])([2H])NC(=O)c1nnc2cc1Nc1c(ccc(-c3ncn(C)n3)c1OC)OCCCCO2.[2H]C([2H])([2H])NC(=O)c1nnc2cc1Nc1ccc(C(=O)N3CCCC3)cc1OCCCCN2.[2H]C([2H])([2H])NC(=O)c1nnc2cc1Nc1ccc(C(=O)N3CCCC3)cc1OCCCCO2. The smallest absolute Gasteiger partial charge is 0.273 e. The van der Waals surface area contributed by atoms with Crippen molar-refractivity contribution in [2.45, 2.75) is 77.0 Å². The number of rotatable bonds is 10. The van der Waals surface area contributed by atoms with E-state index in [1.165, 1.54) is 26.4 Å². The Hall–Kier alpha value is -14.5. The van der Waals surface area contributed by atoms with E-state index >= 15 is 0 Å². The Morgan fingerprint density at radius 2 is 0.738 bits per heavy atom. The second kappa shape index (κ2) is 41.3. The molecule has 40 nitrogen and oxygen atoms in total. The Morgan fingerprint density at radius 1 is 0.385 bits per heavy atom. The van der Waals surface area contributed by atoms with Gasteiger partial charge in [0.2, 0.25) is 11.8 Å². The van der Waals surface area contributed by atoms with Crippen molar-refractivity contribution >= 4 is 92.6 Å². The molecule has 0 radical (unpaired) electrons. The largest absolute Gasteiger partial charge is 0.494 e. The minimum Gasteiger partial charge on any atom is -0.494 e. The van der Waals surface area contributed by atoms with Crippen LogP contribution in [0.1, 0.15) is 156 Å². The number of aromatic nitrogens is 14. The highest BCUT2D eigenvalue weighted by molar-refractivity contribution is 6.03. The van der Waals surface area contributed by atoms with Crippen molar-refractivity contribution in [3.8, 4) is 69.0 Å². The van der Waals surface area contributed by atoms with Gasteiger partial charge in [-0.3, -0.25) is 38.1 Å². The van der Waals surface area contributed by atoms with Crippen LogP contribution in [0.5, 0.6) is 46.3 Å². The monoisotopic (exact) mass is 1680 g/mol. The maximum Gasteiger partial charge on any atom is 0.273 e. The van der Waals surface area contributed by atoms with Crippen LogP contribution in [0, 0.1) is 0 Å². The molecule has 0 atom stereocenters. The fraction of sp³-hybridized carbons (Fsp3) is 0.390. The van der Waals surface area contributed by atoms with Gasteiger partial charge in [0.05, 0.1) is 99.1 Å². The molecule has 0 aliphatic carbocycles. The Morgan fingerprint density at radius 3 is 1.11 bits per heavy atom. The summed E-state index contributed by atoms with van der Waals surface area (Å²) in [5.41, 5.74) is 4.05. The molecule has 6 aromatic heterocycles. The van der Waals surface area contributed by atoms with Gasteiger partial charge in [-0.15, -0.1) is 40.8 Å². The van der Waals surface area contributed by atoms with Crippen LogP contribution in [0.4, 0.5) is 57.1 Å². The predicted octanol–water partition coefficient (Wildman–Crippen LogP) is 8.67. The first-order valence-corrected chi connectivity index (χ1v) is 39.2. The molecule has 122 heavy (non-hydrogen) atoms. The van der Waals surface area contributed by atoms with Gasteiger partial charge in [-0.25, -0.2) is 9.97 Å². The summed E-state index contributed by atoms with van der Waals surface area (Å²) in [5, 5.41) is 66.7. The molecule has 6 aliphatic heterocycles. The van der Waals surface area contributed by atoms with E-state index in [-0.39, 0.29) is 69.1 Å². The van der Waals surface area contributed by atoms with Gasteiger partial charge in [-0.2, -0.15) is 10.2 Å². The molecule has 16 rings (SSSR count). The fourth-order valence-corrected chi connectivity index (χ4v) is 13.3. The molecule has 0 unspecified atom stereocenters. The molecule has 40 heteroatoms. The Kier molecular flexibility index (Phi) is 23.8. The minimum atomic E-state index is -2.71. The fourth-order valence-electron chi connectivity index (χ4n) is 13.3. The predicted molar refractivity (Wildman–Crippen MR) is 451 cm³/mol. The Balaban J connectivity index is 0.000000152. The molecule has 10 aromatic rings. The van der Waals surface area contributed by atoms with E-state index in [4.69, 9.17) is 54.3 Å². The molecule has 2 fully saturated rings. The number of carbonyl (C=O) groups excluding carboxylic acids is 6. The van der Waals surface area contributed by atoms with Gasteiger partial charge in [0.15, 0.2) is 57.6 Å².